The average molecular weight is 380 g/mol. The molecule has 0 unspecified atom stereocenters. The maximum atomic E-state index is 12.7. The fourth-order valence-electron chi connectivity index (χ4n) is 3.54. The number of amides is 1. The molecule has 1 heterocycles. The normalized spacial score (nSPS) is 16.5. The second kappa shape index (κ2) is 9.40. The van der Waals surface area contributed by atoms with E-state index in [1.54, 1.807) is 31.4 Å². The van der Waals surface area contributed by atoms with Crippen LogP contribution in [0.5, 0.6) is 5.75 Å². The Labute approximate surface area is 166 Å². The predicted molar refractivity (Wildman–Crippen MR) is 111 cm³/mol. The van der Waals surface area contributed by atoms with Crippen molar-refractivity contribution in [2.24, 2.45) is 0 Å². The van der Waals surface area contributed by atoms with Crippen LogP contribution in [0.3, 0.4) is 0 Å². The molecule has 0 saturated carbocycles. The van der Waals surface area contributed by atoms with Gasteiger partial charge in [0.2, 0.25) is 0 Å². The molecule has 148 valence electrons. The molecule has 5 heteroatoms. The van der Waals surface area contributed by atoms with Gasteiger partial charge in [-0.1, -0.05) is 0 Å². The first-order chi connectivity index (χ1) is 13.6. The van der Waals surface area contributed by atoms with Gasteiger partial charge in [-0.05, 0) is 74.7 Å². The van der Waals surface area contributed by atoms with Gasteiger partial charge < -0.3 is 15.0 Å². The van der Waals surface area contributed by atoms with Crippen LogP contribution < -0.4 is 10.1 Å². The summed E-state index contributed by atoms with van der Waals surface area (Å²) >= 11 is 0. The van der Waals surface area contributed by atoms with E-state index in [0.717, 1.165) is 30.8 Å². The molecule has 0 spiro atoms. The lowest BCUT2D eigenvalue weighted by molar-refractivity contribution is 0.0635. The topological polar surface area (TPSA) is 58.6 Å². The van der Waals surface area contributed by atoms with Crippen molar-refractivity contribution in [1.29, 1.82) is 0 Å². The van der Waals surface area contributed by atoms with Gasteiger partial charge in [0.1, 0.15) is 5.75 Å². The monoisotopic (exact) mass is 380 g/mol. The standard InChI is InChI=1S/C23H28N2O3/c1-17-5-3-4-16-25(17)23(27)19-6-10-20(11-7-19)24-15-14-22(26)18-8-12-21(28-2)13-9-18/h6-13,17,24H,3-5,14-16H2,1-2H3/t17-/m1/s1. The van der Waals surface area contributed by atoms with E-state index in [1.165, 1.54) is 6.42 Å². The number of likely N-dealkylation sites (tertiary alicyclic amines) is 1. The van der Waals surface area contributed by atoms with Crippen LogP contribution >= 0.6 is 0 Å². The largest absolute Gasteiger partial charge is 0.497 e. The Balaban J connectivity index is 1.50. The average Bonchev–Trinajstić information content (AvgIpc) is 2.74. The number of ketones is 1. The summed E-state index contributed by atoms with van der Waals surface area (Å²) in [4.78, 5) is 26.9. The van der Waals surface area contributed by atoms with Gasteiger partial charge in [0.15, 0.2) is 5.78 Å². The summed E-state index contributed by atoms with van der Waals surface area (Å²) in [7, 11) is 1.60. The van der Waals surface area contributed by atoms with Gasteiger partial charge in [0.25, 0.3) is 5.91 Å². The van der Waals surface area contributed by atoms with Crippen LogP contribution in [0.15, 0.2) is 48.5 Å². The Morgan fingerprint density at radius 1 is 1.04 bits per heavy atom. The zero-order valence-corrected chi connectivity index (χ0v) is 16.6. The summed E-state index contributed by atoms with van der Waals surface area (Å²) in [6.45, 7) is 3.50. The van der Waals surface area contributed by atoms with Gasteiger partial charge in [-0.2, -0.15) is 0 Å². The van der Waals surface area contributed by atoms with Gasteiger partial charge in [0, 0.05) is 42.4 Å². The molecule has 1 fully saturated rings. The van der Waals surface area contributed by atoms with E-state index in [9.17, 15) is 9.59 Å². The minimum Gasteiger partial charge on any atom is -0.497 e. The number of nitrogens with zero attached hydrogens (tertiary/aromatic N) is 1. The molecule has 0 aliphatic carbocycles. The Kier molecular flexibility index (Phi) is 6.69. The molecule has 2 aromatic rings. The summed E-state index contributed by atoms with van der Waals surface area (Å²) < 4.78 is 5.11. The second-order valence-electron chi connectivity index (χ2n) is 7.25. The number of nitrogens with one attached hydrogen (secondary N) is 1. The third-order valence-electron chi connectivity index (χ3n) is 5.29. The van der Waals surface area contributed by atoms with Gasteiger partial charge >= 0.3 is 0 Å². The molecule has 3 rings (SSSR count). The molecule has 1 aliphatic heterocycles. The predicted octanol–water partition coefficient (Wildman–Crippen LogP) is 4.39. The van der Waals surface area contributed by atoms with E-state index >= 15 is 0 Å². The van der Waals surface area contributed by atoms with Crippen molar-refractivity contribution in [3.05, 3.63) is 59.7 Å². The van der Waals surface area contributed by atoms with Crippen LogP contribution in [0.4, 0.5) is 5.69 Å². The number of carbonyl (C=O) groups excluding carboxylic acids is 2. The molecule has 28 heavy (non-hydrogen) atoms. The van der Waals surface area contributed by atoms with E-state index < -0.39 is 0 Å². The summed E-state index contributed by atoms with van der Waals surface area (Å²) in [5.41, 5.74) is 2.30. The maximum absolute atomic E-state index is 12.7. The van der Waals surface area contributed by atoms with E-state index in [4.69, 9.17) is 4.74 Å². The number of piperidine rings is 1. The first-order valence-corrected chi connectivity index (χ1v) is 9.90. The molecule has 0 aromatic heterocycles. The molecule has 1 saturated heterocycles. The number of carbonyl (C=O) groups is 2. The summed E-state index contributed by atoms with van der Waals surface area (Å²) in [5.74, 6) is 0.928. The number of hydrogen-bond acceptors (Lipinski definition) is 4. The van der Waals surface area contributed by atoms with Gasteiger partial charge in [-0.3, -0.25) is 9.59 Å². The van der Waals surface area contributed by atoms with Gasteiger partial charge in [0.05, 0.1) is 7.11 Å². The highest BCUT2D eigenvalue weighted by Crippen LogP contribution is 2.20. The van der Waals surface area contributed by atoms with Crippen molar-refractivity contribution in [1.82, 2.24) is 4.90 Å². The van der Waals surface area contributed by atoms with Crippen LogP contribution in [0.25, 0.3) is 0 Å². The zero-order valence-electron chi connectivity index (χ0n) is 16.6. The van der Waals surface area contributed by atoms with Crippen molar-refractivity contribution < 1.29 is 14.3 Å². The Hall–Kier alpha value is -2.82. The van der Waals surface area contributed by atoms with Crippen molar-refractivity contribution in [2.75, 3.05) is 25.5 Å². The highest BCUT2D eigenvalue weighted by atomic mass is 16.5. The zero-order chi connectivity index (χ0) is 19.9. The number of methoxy groups -OCH3 is 1. The van der Waals surface area contributed by atoms with Crippen LogP contribution in [-0.2, 0) is 0 Å². The third kappa shape index (κ3) is 4.91. The minimum absolute atomic E-state index is 0.0843. The van der Waals surface area contributed by atoms with Crippen LogP contribution in [0.1, 0.15) is 53.3 Å². The number of hydrogen-bond donors (Lipinski definition) is 1. The number of Topliss-reactive ketones (excluding diaryl/α,β-unsaturated/α-hetero) is 1. The number of ether oxygens (including phenoxy) is 1. The smallest absolute Gasteiger partial charge is 0.254 e. The van der Waals surface area contributed by atoms with Crippen LogP contribution in [0, 0.1) is 0 Å². The molecule has 1 atom stereocenters. The third-order valence-corrected chi connectivity index (χ3v) is 5.29. The van der Waals surface area contributed by atoms with E-state index in [0.29, 0.717) is 30.1 Å². The second-order valence-corrected chi connectivity index (χ2v) is 7.25. The molecule has 0 bridgehead atoms. The van der Waals surface area contributed by atoms with E-state index in [2.05, 4.69) is 12.2 Å². The lowest BCUT2D eigenvalue weighted by Gasteiger charge is -2.33. The van der Waals surface area contributed by atoms with Gasteiger partial charge in [-0.25, -0.2) is 0 Å². The fraction of sp³-hybridized carbons (Fsp3) is 0.391. The molecule has 0 radical (unpaired) electrons. The number of benzene rings is 2. The molecule has 1 amide bonds. The minimum atomic E-state index is 0.0843. The number of rotatable bonds is 7. The van der Waals surface area contributed by atoms with Crippen molar-refractivity contribution >= 4 is 17.4 Å². The van der Waals surface area contributed by atoms with Crippen LogP contribution in [0.2, 0.25) is 0 Å². The van der Waals surface area contributed by atoms with Crippen molar-refractivity contribution in [3.8, 4) is 5.75 Å². The quantitative estimate of drug-likeness (QED) is 0.724. The summed E-state index contributed by atoms with van der Waals surface area (Å²) in [6.07, 6.45) is 3.76. The Morgan fingerprint density at radius 3 is 2.36 bits per heavy atom. The first kappa shape index (κ1) is 19.9. The molecular weight excluding hydrogens is 352 g/mol. The Morgan fingerprint density at radius 2 is 1.71 bits per heavy atom. The molecule has 2 aromatic carbocycles. The van der Waals surface area contributed by atoms with Crippen molar-refractivity contribution in [3.63, 3.8) is 0 Å². The highest BCUT2D eigenvalue weighted by molar-refractivity contribution is 5.96. The fourth-order valence-corrected chi connectivity index (χ4v) is 3.54. The lowest BCUT2D eigenvalue weighted by Crippen LogP contribution is -2.41. The lowest BCUT2D eigenvalue weighted by atomic mass is 10.0. The van der Waals surface area contributed by atoms with Crippen LogP contribution in [-0.4, -0.2) is 42.8 Å². The molecule has 5 nitrogen and oxygen atoms in total. The van der Waals surface area contributed by atoms with E-state index in [1.807, 2.05) is 29.2 Å². The van der Waals surface area contributed by atoms with E-state index in [-0.39, 0.29) is 11.7 Å². The summed E-state index contributed by atoms with van der Waals surface area (Å²) in [5, 5.41) is 3.25. The molecule has 1 aliphatic rings. The first-order valence-electron chi connectivity index (χ1n) is 9.90. The summed E-state index contributed by atoms with van der Waals surface area (Å²) in [6, 6.07) is 15.0. The maximum Gasteiger partial charge on any atom is 0.254 e. The SMILES string of the molecule is COc1ccc(C(=O)CCNc2ccc(C(=O)N3CCCC[C@H]3C)cc2)cc1. The van der Waals surface area contributed by atoms with Crippen molar-refractivity contribution in [2.45, 2.75) is 38.6 Å². The Bertz CT molecular complexity index is 800. The molecular formula is C23H28N2O3. The number of anilines is 1. The van der Waals surface area contributed by atoms with Gasteiger partial charge in [-0.15, -0.1) is 0 Å². The molecule has 1 N–H and O–H groups in total. The highest BCUT2D eigenvalue weighted by Gasteiger charge is 2.23.